The molecule has 0 radical (unpaired) electrons. The third kappa shape index (κ3) is 4.93. The van der Waals surface area contributed by atoms with Crippen molar-refractivity contribution in [1.82, 2.24) is 4.90 Å². The van der Waals surface area contributed by atoms with Crippen molar-refractivity contribution < 1.29 is 23.8 Å². The van der Waals surface area contributed by atoms with Crippen LogP contribution in [0, 0.1) is 0 Å². The van der Waals surface area contributed by atoms with E-state index in [4.69, 9.17) is 25.8 Å². The summed E-state index contributed by atoms with van der Waals surface area (Å²) in [6.07, 6.45) is 0.858. The van der Waals surface area contributed by atoms with Crippen molar-refractivity contribution in [2.45, 2.75) is 31.9 Å². The number of halogens is 1. The SMILES string of the molecule is CCOC(=O)COc1ccc2c(c1)CC(N1C[C@@H](c3cccc(Cl)c3)OC1=O)CCN2C. The van der Waals surface area contributed by atoms with Gasteiger partial charge in [-0.05, 0) is 61.2 Å². The summed E-state index contributed by atoms with van der Waals surface area (Å²) in [6.45, 7) is 3.25. The fourth-order valence-electron chi connectivity index (χ4n) is 4.28. The van der Waals surface area contributed by atoms with Crippen LogP contribution in [-0.4, -0.2) is 56.4 Å². The Morgan fingerprint density at radius 3 is 2.88 bits per heavy atom. The normalized spacial score (nSPS) is 20.4. The van der Waals surface area contributed by atoms with Crippen LogP contribution in [0.2, 0.25) is 5.02 Å². The number of ether oxygens (including phenoxy) is 3. The zero-order valence-corrected chi connectivity index (χ0v) is 19.0. The van der Waals surface area contributed by atoms with Gasteiger partial charge in [0.1, 0.15) is 11.9 Å². The number of rotatable bonds is 6. The van der Waals surface area contributed by atoms with Crippen LogP contribution in [0.25, 0.3) is 0 Å². The van der Waals surface area contributed by atoms with Gasteiger partial charge >= 0.3 is 12.1 Å². The Bertz CT molecular complexity index is 998. The lowest BCUT2D eigenvalue weighted by Gasteiger charge is -2.24. The van der Waals surface area contributed by atoms with Gasteiger partial charge in [-0.25, -0.2) is 9.59 Å². The Kier molecular flexibility index (Phi) is 6.74. The first-order chi connectivity index (χ1) is 15.4. The van der Waals surface area contributed by atoms with E-state index in [-0.39, 0.29) is 24.8 Å². The van der Waals surface area contributed by atoms with Crippen molar-refractivity contribution in [1.29, 1.82) is 0 Å². The lowest BCUT2D eigenvalue weighted by atomic mass is 10.0. The molecule has 8 heteroatoms. The van der Waals surface area contributed by atoms with Crippen molar-refractivity contribution in [2.24, 2.45) is 0 Å². The number of carbonyl (C=O) groups excluding carboxylic acids is 2. The van der Waals surface area contributed by atoms with Crippen molar-refractivity contribution >= 4 is 29.4 Å². The molecule has 0 spiro atoms. The van der Waals surface area contributed by atoms with Gasteiger partial charge in [-0.1, -0.05) is 23.7 Å². The number of carbonyl (C=O) groups is 2. The van der Waals surface area contributed by atoms with Crippen LogP contribution in [0.5, 0.6) is 5.75 Å². The summed E-state index contributed by atoms with van der Waals surface area (Å²) < 4.78 is 16.2. The third-order valence-electron chi connectivity index (χ3n) is 5.88. The van der Waals surface area contributed by atoms with Crippen molar-refractivity contribution in [3.63, 3.8) is 0 Å². The summed E-state index contributed by atoms with van der Waals surface area (Å²) in [6, 6.07) is 13.2. The summed E-state index contributed by atoms with van der Waals surface area (Å²) in [7, 11) is 2.04. The van der Waals surface area contributed by atoms with Crippen LogP contribution in [-0.2, 0) is 20.7 Å². The molecule has 1 unspecified atom stereocenters. The molecule has 2 atom stereocenters. The molecule has 0 saturated carbocycles. The zero-order valence-electron chi connectivity index (χ0n) is 18.3. The highest BCUT2D eigenvalue weighted by molar-refractivity contribution is 6.30. The molecule has 1 saturated heterocycles. The van der Waals surface area contributed by atoms with E-state index in [0.717, 1.165) is 29.8 Å². The molecular formula is C24H27ClN2O5. The highest BCUT2D eigenvalue weighted by atomic mass is 35.5. The maximum Gasteiger partial charge on any atom is 0.410 e. The zero-order chi connectivity index (χ0) is 22.7. The lowest BCUT2D eigenvalue weighted by Crippen LogP contribution is -2.38. The van der Waals surface area contributed by atoms with Gasteiger partial charge in [0.25, 0.3) is 0 Å². The molecule has 0 aliphatic carbocycles. The second-order valence-electron chi connectivity index (χ2n) is 8.03. The van der Waals surface area contributed by atoms with Gasteiger partial charge in [0.15, 0.2) is 6.61 Å². The Morgan fingerprint density at radius 1 is 1.25 bits per heavy atom. The van der Waals surface area contributed by atoms with Crippen LogP contribution < -0.4 is 9.64 Å². The van der Waals surface area contributed by atoms with Gasteiger partial charge in [0.2, 0.25) is 0 Å². The minimum Gasteiger partial charge on any atom is -0.482 e. The first-order valence-corrected chi connectivity index (χ1v) is 11.2. The van der Waals surface area contributed by atoms with E-state index in [1.807, 2.05) is 48.3 Å². The van der Waals surface area contributed by atoms with E-state index in [9.17, 15) is 9.59 Å². The molecule has 0 aromatic heterocycles. The number of amides is 1. The van der Waals surface area contributed by atoms with Crippen LogP contribution in [0.1, 0.15) is 30.6 Å². The van der Waals surface area contributed by atoms with E-state index in [1.54, 1.807) is 13.0 Å². The average molecular weight is 459 g/mol. The molecule has 2 aromatic carbocycles. The molecule has 2 aliphatic heterocycles. The van der Waals surface area contributed by atoms with Gasteiger partial charge in [-0.15, -0.1) is 0 Å². The number of cyclic esters (lactones) is 1. The van der Waals surface area contributed by atoms with Crippen LogP contribution in [0.3, 0.4) is 0 Å². The topological polar surface area (TPSA) is 68.3 Å². The van der Waals surface area contributed by atoms with Crippen LogP contribution in [0.4, 0.5) is 10.5 Å². The van der Waals surface area contributed by atoms with Crippen LogP contribution in [0.15, 0.2) is 42.5 Å². The lowest BCUT2D eigenvalue weighted by molar-refractivity contribution is -0.145. The van der Waals surface area contributed by atoms with Crippen molar-refractivity contribution in [3.05, 3.63) is 58.6 Å². The Morgan fingerprint density at radius 2 is 2.09 bits per heavy atom. The fraction of sp³-hybridized carbons (Fsp3) is 0.417. The first kappa shape index (κ1) is 22.3. The van der Waals surface area contributed by atoms with E-state index in [2.05, 4.69) is 4.90 Å². The molecule has 32 heavy (non-hydrogen) atoms. The smallest absolute Gasteiger partial charge is 0.410 e. The van der Waals surface area contributed by atoms with E-state index >= 15 is 0 Å². The second-order valence-corrected chi connectivity index (χ2v) is 8.47. The fourth-order valence-corrected chi connectivity index (χ4v) is 4.47. The number of hydrogen-bond acceptors (Lipinski definition) is 6. The molecule has 2 aromatic rings. The molecule has 170 valence electrons. The Labute approximate surface area is 192 Å². The standard InChI is InChI=1S/C24H27ClN2O5/c1-3-30-23(28)15-31-20-7-8-21-17(13-20)12-19(9-10-26(21)2)27-14-22(32-24(27)29)16-5-4-6-18(25)11-16/h4-8,11,13,19,22H,3,9-10,12,14-15H2,1-2H3/t19?,22-/m0/s1. The molecule has 0 N–H and O–H groups in total. The summed E-state index contributed by atoms with van der Waals surface area (Å²) in [5, 5.41) is 0.623. The number of hydrogen-bond donors (Lipinski definition) is 0. The summed E-state index contributed by atoms with van der Waals surface area (Å²) >= 11 is 6.12. The number of benzene rings is 2. The number of anilines is 1. The van der Waals surface area contributed by atoms with Gasteiger partial charge in [-0.2, -0.15) is 0 Å². The minimum absolute atomic E-state index is 0.00399. The Hall–Kier alpha value is -2.93. The average Bonchev–Trinajstić information content (AvgIpc) is 3.08. The molecule has 2 aliphatic rings. The van der Waals surface area contributed by atoms with Crippen molar-refractivity contribution in [3.8, 4) is 5.75 Å². The molecule has 2 heterocycles. The quantitative estimate of drug-likeness (QED) is 0.603. The van der Waals surface area contributed by atoms with Crippen molar-refractivity contribution in [2.75, 3.05) is 38.3 Å². The number of nitrogens with zero attached hydrogens (tertiary/aromatic N) is 2. The third-order valence-corrected chi connectivity index (χ3v) is 6.11. The monoisotopic (exact) mass is 458 g/mol. The number of esters is 1. The molecule has 1 fully saturated rings. The molecule has 1 amide bonds. The maximum atomic E-state index is 12.7. The molecule has 7 nitrogen and oxygen atoms in total. The Balaban J connectivity index is 1.49. The largest absolute Gasteiger partial charge is 0.482 e. The van der Waals surface area contributed by atoms with Gasteiger partial charge in [0, 0.05) is 30.3 Å². The molecular weight excluding hydrogens is 432 g/mol. The highest BCUT2D eigenvalue weighted by Crippen LogP contribution is 2.34. The number of fused-ring (bicyclic) bond motifs is 1. The maximum absolute atomic E-state index is 12.7. The first-order valence-electron chi connectivity index (χ1n) is 10.8. The van der Waals surface area contributed by atoms with Gasteiger partial charge < -0.3 is 24.0 Å². The molecule has 0 bridgehead atoms. The van der Waals surface area contributed by atoms with E-state index < -0.39 is 5.97 Å². The summed E-state index contributed by atoms with van der Waals surface area (Å²) in [4.78, 5) is 28.4. The van der Waals surface area contributed by atoms with Gasteiger partial charge in [0.05, 0.1) is 13.2 Å². The predicted molar refractivity (Wildman–Crippen MR) is 121 cm³/mol. The second kappa shape index (κ2) is 9.69. The van der Waals surface area contributed by atoms with Gasteiger partial charge in [-0.3, -0.25) is 0 Å². The minimum atomic E-state index is -0.399. The predicted octanol–water partition coefficient (Wildman–Crippen LogP) is 4.23. The van der Waals surface area contributed by atoms with E-state index in [0.29, 0.717) is 30.3 Å². The van der Waals surface area contributed by atoms with E-state index in [1.165, 1.54) is 0 Å². The molecule has 4 rings (SSSR count). The summed E-state index contributed by atoms with van der Waals surface area (Å²) in [5.74, 6) is 0.205. The highest BCUT2D eigenvalue weighted by Gasteiger charge is 2.38. The summed E-state index contributed by atoms with van der Waals surface area (Å²) in [5.41, 5.74) is 3.06. The van der Waals surface area contributed by atoms with Crippen LogP contribution >= 0.6 is 11.6 Å².